The Balaban J connectivity index is 3.55. The number of unbranched alkanes of at least 4 members (excludes halogenated alkanes) is 21. The van der Waals surface area contributed by atoms with Gasteiger partial charge in [0.25, 0.3) is 0 Å². The highest BCUT2D eigenvalue weighted by Gasteiger charge is 2.16. The molecule has 0 saturated heterocycles. The minimum absolute atomic E-state index is 0.0746. The number of carbonyl (C=O) groups is 2. The second-order valence-electron chi connectivity index (χ2n) is 16.5. The summed E-state index contributed by atoms with van der Waals surface area (Å²) in [6.45, 7) is 4.00. The van der Waals surface area contributed by atoms with Crippen LogP contribution in [0.2, 0.25) is 0 Å². The van der Waals surface area contributed by atoms with Crippen molar-refractivity contribution in [2.45, 2.75) is 232 Å². The van der Waals surface area contributed by atoms with Crippen LogP contribution in [0, 0.1) is 0 Å². The molecule has 1 atom stereocenters. The Bertz CT molecular complexity index is 1190. The molecule has 0 rings (SSSR count). The molecule has 0 bridgehead atoms. The van der Waals surface area contributed by atoms with E-state index in [1.807, 2.05) is 0 Å². The lowest BCUT2D eigenvalue weighted by Gasteiger charge is -2.15. The van der Waals surface area contributed by atoms with Gasteiger partial charge in [-0.15, -0.1) is 0 Å². The molecule has 0 amide bonds. The minimum atomic E-state index is -0.781. The highest BCUT2D eigenvalue weighted by atomic mass is 16.6. The molecule has 1 unspecified atom stereocenters. The van der Waals surface area contributed by atoms with Gasteiger partial charge < -0.3 is 14.6 Å². The van der Waals surface area contributed by atoms with Gasteiger partial charge in [0.2, 0.25) is 0 Å². The van der Waals surface area contributed by atoms with Crippen LogP contribution in [0.5, 0.6) is 0 Å². The summed E-state index contributed by atoms with van der Waals surface area (Å²) in [7, 11) is 0. The zero-order valence-electron chi connectivity index (χ0n) is 39.6. The summed E-state index contributed by atoms with van der Waals surface area (Å²) >= 11 is 0. The van der Waals surface area contributed by atoms with Crippen LogP contribution in [0.4, 0.5) is 0 Å². The number of esters is 2. The van der Waals surface area contributed by atoms with E-state index in [-0.39, 0.29) is 25.2 Å². The molecule has 0 aliphatic carbocycles. The fourth-order valence-corrected chi connectivity index (χ4v) is 6.82. The van der Waals surface area contributed by atoms with Crippen molar-refractivity contribution in [3.63, 3.8) is 0 Å². The predicted octanol–water partition coefficient (Wildman–Crippen LogP) is 16.8. The molecule has 0 heterocycles. The number of aliphatic hydroxyl groups excluding tert-OH is 1. The number of ether oxygens (including phenoxy) is 2. The number of aliphatic hydroxyl groups is 1. The van der Waals surface area contributed by atoms with Crippen molar-refractivity contribution in [3.05, 3.63) is 97.2 Å². The Morgan fingerprint density at radius 1 is 0.393 bits per heavy atom. The molecule has 0 radical (unpaired) electrons. The van der Waals surface area contributed by atoms with Gasteiger partial charge in [0.1, 0.15) is 6.61 Å². The summed E-state index contributed by atoms with van der Waals surface area (Å²) in [4.78, 5) is 24.4. The molecule has 0 saturated carbocycles. The third kappa shape index (κ3) is 49.4. The standard InChI is InChI=1S/C56H94O5/c1-3-5-7-9-11-13-15-17-19-20-21-22-23-24-25-26-27-28-29-30-31-32-33-34-35-36-37-39-41-43-45-47-49-51-56(59)61-54(52-57)53-60-55(58)50-48-46-44-42-40-38-18-16-14-12-10-8-6-4-2/h5,7,11,13,16-19,21-22,24-25,27-28,30-31,54,57H,3-4,6,8-10,12,14-15,20,23,26,29,32-53H2,1-2H3/b7-5-,13-11-,18-16-,19-17-,22-21-,25-24-,28-27-,31-30-. The van der Waals surface area contributed by atoms with E-state index in [1.165, 1.54) is 109 Å². The Kier molecular flexibility index (Phi) is 48.5. The van der Waals surface area contributed by atoms with Crippen LogP contribution in [0.15, 0.2) is 97.2 Å². The molecule has 1 N–H and O–H groups in total. The number of hydrogen-bond donors (Lipinski definition) is 1. The maximum Gasteiger partial charge on any atom is 0.306 e. The van der Waals surface area contributed by atoms with Crippen LogP contribution in [-0.4, -0.2) is 36.4 Å². The van der Waals surface area contributed by atoms with Crippen LogP contribution in [0.3, 0.4) is 0 Å². The molecule has 61 heavy (non-hydrogen) atoms. The fourth-order valence-electron chi connectivity index (χ4n) is 6.82. The molecule has 0 aromatic carbocycles. The number of carbonyl (C=O) groups excluding carboxylic acids is 2. The quantitative estimate of drug-likeness (QED) is 0.0375. The third-order valence-corrected chi connectivity index (χ3v) is 10.6. The molecular weight excluding hydrogens is 753 g/mol. The first-order chi connectivity index (χ1) is 30.1. The number of hydrogen-bond acceptors (Lipinski definition) is 5. The zero-order chi connectivity index (χ0) is 44.2. The Morgan fingerprint density at radius 3 is 1.08 bits per heavy atom. The van der Waals surface area contributed by atoms with Crippen molar-refractivity contribution < 1.29 is 24.2 Å². The fraction of sp³-hybridized carbons (Fsp3) is 0.679. The van der Waals surface area contributed by atoms with Crippen molar-refractivity contribution >= 4 is 11.9 Å². The molecule has 0 aromatic heterocycles. The predicted molar refractivity (Wildman–Crippen MR) is 265 cm³/mol. The summed E-state index contributed by atoms with van der Waals surface area (Å²) < 4.78 is 10.6. The van der Waals surface area contributed by atoms with E-state index in [9.17, 15) is 14.7 Å². The largest absolute Gasteiger partial charge is 0.462 e. The summed E-state index contributed by atoms with van der Waals surface area (Å²) in [6, 6.07) is 0. The molecule has 0 fully saturated rings. The van der Waals surface area contributed by atoms with E-state index in [0.717, 1.165) is 89.9 Å². The van der Waals surface area contributed by atoms with Crippen molar-refractivity contribution in [3.8, 4) is 0 Å². The van der Waals surface area contributed by atoms with E-state index in [1.54, 1.807) is 0 Å². The van der Waals surface area contributed by atoms with Gasteiger partial charge >= 0.3 is 11.9 Å². The van der Waals surface area contributed by atoms with Gasteiger partial charge in [0.05, 0.1) is 6.61 Å². The second kappa shape index (κ2) is 51.2. The molecule has 348 valence electrons. The first kappa shape index (κ1) is 57.8. The van der Waals surface area contributed by atoms with Gasteiger partial charge in [0, 0.05) is 12.8 Å². The van der Waals surface area contributed by atoms with E-state index in [4.69, 9.17) is 9.47 Å². The SMILES string of the molecule is CC/C=C\C/C=C\C/C=C\C/C=C\C/C=C\C/C=C\C/C=C\CCCCCCCCCCCCCC(=O)OC(CO)COC(=O)CCCCCCC/C=C\CCCCCCC. The monoisotopic (exact) mass is 847 g/mol. The molecule has 5 nitrogen and oxygen atoms in total. The van der Waals surface area contributed by atoms with Crippen molar-refractivity contribution in [1.82, 2.24) is 0 Å². The molecule has 5 heteroatoms. The van der Waals surface area contributed by atoms with Gasteiger partial charge in [-0.1, -0.05) is 214 Å². The molecule has 0 aliphatic rings. The van der Waals surface area contributed by atoms with Crippen molar-refractivity contribution in [1.29, 1.82) is 0 Å². The van der Waals surface area contributed by atoms with Crippen LogP contribution in [0.1, 0.15) is 226 Å². The molecule has 0 aromatic rings. The van der Waals surface area contributed by atoms with E-state index in [0.29, 0.717) is 12.8 Å². The maximum absolute atomic E-state index is 12.3. The van der Waals surface area contributed by atoms with Gasteiger partial charge in [-0.3, -0.25) is 9.59 Å². The van der Waals surface area contributed by atoms with Crippen LogP contribution < -0.4 is 0 Å². The van der Waals surface area contributed by atoms with Crippen LogP contribution in [0.25, 0.3) is 0 Å². The normalized spacial score (nSPS) is 13.0. The minimum Gasteiger partial charge on any atom is -0.462 e. The Labute approximate surface area is 377 Å². The topological polar surface area (TPSA) is 72.8 Å². The first-order valence-electron chi connectivity index (χ1n) is 25.3. The number of rotatable bonds is 45. The highest BCUT2D eigenvalue weighted by Crippen LogP contribution is 2.14. The molecular formula is C56H94O5. The van der Waals surface area contributed by atoms with Gasteiger partial charge in [0.15, 0.2) is 6.10 Å². The molecule has 0 aliphatic heterocycles. The first-order valence-corrected chi connectivity index (χ1v) is 25.3. The van der Waals surface area contributed by atoms with E-state index in [2.05, 4.69) is 111 Å². The van der Waals surface area contributed by atoms with Gasteiger partial charge in [-0.05, 0) is 96.3 Å². The maximum atomic E-state index is 12.3. The highest BCUT2D eigenvalue weighted by molar-refractivity contribution is 5.70. The lowest BCUT2D eigenvalue weighted by molar-refractivity contribution is -0.161. The summed E-state index contributed by atoms with van der Waals surface area (Å²) in [5.74, 6) is -0.606. The van der Waals surface area contributed by atoms with E-state index < -0.39 is 6.10 Å². The average Bonchev–Trinajstić information content (AvgIpc) is 3.26. The average molecular weight is 847 g/mol. The summed E-state index contributed by atoms with van der Waals surface area (Å²) in [5, 5.41) is 9.61. The van der Waals surface area contributed by atoms with Crippen molar-refractivity contribution in [2.75, 3.05) is 13.2 Å². The Hall–Kier alpha value is -3.18. The smallest absolute Gasteiger partial charge is 0.306 e. The van der Waals surface area contributed by atoms with Gasteiger partial charge in [-0.2, -0.15) is 0 Å². The molecule has 0 spiro atoms. The number of allylic oxidation sites excluding steroid dienone is 16. The second-order valence-corrected chi connectivity index (χ2v) is 16.5. The van der Waals surface area contributed by atoms with Crippen LogP contribution in [-0.2, 0) is 19.1 Å². The van der Waals surface area contributed by atoms with Gasteiger partial charge in [-0.25, -0.2) is 0 Å². The lowest BCUT2D eigenvalue weighted by atomic mass is 10.0. The summed E-state index contributed by atoms with van der Waals surface area (Å²) in [6.07, 6.45) is 72.1. The zero-order valence-corrected chi connectivity index (χ0v) is 39.6. The lowest BCUT2D eigenvalue weighted by Crippen LogP contribution is -2.28. The Morgan fingerprint density at radius 2 is 0.705 bits per heavy atom. The van der Waals surface area contributed by atoms with E-state index >= 15 is 0 Å². The third-order valence-electron chi connectivity index (χ3n) is 10.6. The summed E-state index contributed by atoms with van der Waals surface area (Å²) in [5.41, 5.74) is 0. The van der Waals surface area contributed by atoms with Crippen molar-refractivity contribution in [2.24, 2.45) is 0 Å². The van der Waals surface area contributed by atoms with Crippen LogP contribution >= 0.6 is 0 Å².